The van der Waals surface area contributed by atoms with Crippen LogP contribution in [0.3, 0.4) is 0 Å². The summed E-state index contributed by atoms with van der Waals surface area (Å²) >= 11 is 1.87. The van der Waals surface area contributed by atoms with Gasteiger partial charge in [0.25, 0.3) is 0 Å². The van der Waals surface area contributed by atoms with E-state index in [0.29, 0.717) is 11.5 Å². The SMILES string of the molecule is c1ccc(-c2cccc(-n3c4ccccc4c4ccc(-c5nc(-n6c7ccccc7c7c8c9ccccc9sc8c8ccccc8c76)c6c(n5)oc5ccccc56)cc43)c2)cc1. The molecule has 14 aromatic rings. The van der Waals surface area contributed by atoms with Gasteiger partial charge in [0, 0.05) is 69.1 Å². The average molecular weight is 809 g/mol. The lowest BCUT2D eigenvalue weighted by molar-refractivity contribution is 0.653. The summed E-state index contributed by atoms with van der Waals surface area (Å²) in [5, 5.41) is 11.6. The lowest BCUT2D eigenvalue weighted by Crippen LogP contribution is -2.02. The highest BCUT2D eigenvalue weighted by Crippen LogP contribution is 2.49. The van der Waals surface area contributed by atoms with E-state index < -0.39 is 0 Å². The molecule has 0 saturated carbocycles. The van der Waals surface area contributed by atoms with Crippen molar-refractivity contribution < 1.29 is 4.42 Å². The lowest BCUT2D eigenvalue weighted by atomic mass is 10.00. The highest BCUT2D eigenvalue weighted by molar-refractivity contribution is 7.27. The molecule has 0 radical (unpaired) electrons. The number of hydrogen-bond acceptors (Lipinski definition) is 4. The molecule has 0 fully saturated rings. The fourth-order valence-corrected chi connectivity index (χ4v) is 11.3. The maximum absolute atomic E-state index is 6.70. The molecule has 5 nitrogen and oxygen atoms in total. The highest BCUT2D eigenvalue weighted by atomic mass is 32.1. The van der Waals surface area contributed by atoms with Crippen molar-refractivity contribution in [3.8, 4) is 34.0 Å². The fraction of sp³-hybridized carbons (Fsp3) is 0. The third-order valence-corrected chi connectivity index (χ3v) is 13.9. The van der Waals surface area contributed by atoms with Crippen molar-refractivity contribution in [2.24, 2.45) is 0 Å². The van der Waals surface area contributed by atoms with Gasteiger partial charge in [-0.2, -0.15) is 4.98 Å². The zero-order valence-electron chi connectivity index (χ0n) is 33.1. The van der Waals surface area contributed by atoms with Gasteiger partial charge in [-0.25, -0.2) is 4.98 Å². The molecule has 9 aromatic carbocycles. The van der Waals surface area contributed by atoms with Gasteiger partial charge in [0.15, 0.2) is 11.6 Å². The van der Waals surface area contributed by atoms with Crippen LogP contribution in [0.25, 0.3) is 131 Å². The second-order valence-corrected chi connectivity index (χ2v) is 17.1. The predicted octanol–water partition coefficient (Wildman–Crippen LogP) is 15.4. The van der Waals surface area contributed by atoms with E-state index in [9.17, 15) is 0 Å². The van der Waals surface area contributed by atoms with Crippen LogP contribution in [0.4, 0.5) is 0 Å². The van der Waals surface area contributed by atoms with Gasteiger partial charge in [0.05, 0.1) is 27.5 Å². The summed E-state index contributed by atoms with van der Waals surface area (Å²) in [6.07, 6.45) is 0. The van der Waals surface area contributed by atoms with Crippen LogP contribution >= 0.6 is 11.3 Å². The van der Waals surface area contributed by atoms with E-state index in [-0.39, 0.29) is 0 Å². The number of rotatable bonds is 4. The number of thiophene rings is 1. The Kier molecular flexibility index (Phi) is 6.92. The first-order chi connectivity index (χ1) is 30.8. The largest absolute Gasteiger partial charge is 0.437 e. The van der Waals surface area contributed by atoms with Crippen molar-refractivity contribution in [3.05, 3.63) is 194 Å². The van der Waals surface area contributed by atoms with Crippen LogP contribution in [0.15, 0.2) is 199 Å². The summed E-state index contributed by atoms with van der Waals surface area (Å²) in [6.45, 7) is 0. The number of para-hydroxylation sites is 3. The minimum absolute atomic E-state index is 0.555. The maximum Gasteiger partial charge on any atom is 0.233 e. The van der Waals surface area contributed by atoms with Gasteiger partial charge in [-0.1, -0.05) is 152 Å². The molecular formula is C56H32N4OS. The standard InChI is InChI=1S/C56H32N4OS/c1-2-15-33(16-3-1)34-17-14-18-36(31-34)59-44-25-10-6-19-37(44)38-30-29-35(32-46(38)59)54-57-55(51-42-23-8-12-27-47(42)61-56(51)58-54)60-45-26-11-7-22-41(45)49-50-43-24-9-13-28-48(43)62-53(50)40-21-5-4-20-39(40)52(49)60/h1-32H. The first-order valence-corrected chi connectivity index (χ1v) is 21.7. The van der Waals surface area contributed by atoms with E-state index in [1.54, 1.807) is 0 Å². The molecule has 288 valence electrons. The van der Waals surface area contributed by atoms with Crippen LogP contribution in [0.2, 0.25) is 0 Å². The van der Waals surface area contributed by atoms with Crippen LogP contribution < -0.4 is 0 Å². The van der Waals surface area contributed by atoms with Crippen LogP contribution in [0, 0.1) is 0 Å². The van der Waals surface area contributed by atoms with Crippen molar-refractivity contribution in [2.75, 3.05) is 0 Å². The van der Waals surface area contributed by atoms with E-state index in [2.05, 4.69) is 191 Å². The monoisotopic (exact) mass is 808 g/mol. The van der Waals surface area contributed by atoms with Gasteiger partial charge in [0.2, 0.25) is 5.71 Å². The quantitative estimate of drug-likeness (QED) is 0.178. The predicted molar refractivity (Wildman–Crippen MR) is 259 cm³/mol. The number of furan rings is 1. The first-order valence-electron chi connectivity index (χ1n) is 20.9. The normalized spacial score (nSPS) is 12.2. The van der Waals surface area contributed by atoms with Gasteiger partial charge in [0.1, 0.15) is 5.58 Å². The van der Waals surface area contributed by atoms with E-state index in [4.69, 9.17) is 14.4 Å². The van der Waals surface area contributed by atoms with Crippen LogP contribution in [-0.4, -0.2) is 19.1 Å². The Hall–Kier alpha value is -8.06. The van der Waals surface area contributed by atoms with Crippen LogP contribution in [0.1, 0.15) is 0 Å². The number of benzene rings is 9. The van der Waals surface area contributed by atoms with Gasteiger partial charge in [-0.15, -0.1) is 11.3 Å². The Morgan fingerprint density at radius 2 is 1.06 bits per heavy atom. The third kappa shape index (κ3) is 4.67. The topological polar surface area (TPSA) is 48.8 Å². The molecule has 62 heavy (non-hydrogen) atoms. The minimum atomic E-state index is 0.555. The number of aromatic nitrogens is 4. The molecule has 0 amide bonds. The molecule has 6 heteroatoms. The van der Waals surface area contributed by atoms with Crippen molar-refractivity contribution >= 4 is 108 Å². The van der Waals surface area contributed by atoms with E-state index in [0.717, 1.165) is 55.5 Å². The summed E-state index contributed by atoms with van der Waals surface area (Å²) in [5.74, 6) is 1.39. The molecule has 0 spiro atoms. The molecule has 5 heterocycles. The Labute approximate surface area is 358 Å². The molecule has 0 bridgehead atoms. The fourth-order valence-electron chi connectivity index (χ4n) is 10.1. The molecule has 0 aliphatic rings. The van der Waals surface area contributed by atoms with Crippen molar-refractivity contribution in [1.29, 1.82) is 0 Å². The molecule has 5 aromatic heterocycles. The Bertz CT molecular complexity index is 4170. The summed E-state index contributed by atoms with van der Waals surface area (Å²) in [6, 6.07) is 69.3. The second-order valence-electron chi connectivity index (χ2n) is 16.1. The zero-order valence-corrected chi connectivity index (χ0v) is 33.9. The zero-order chi connectivity index (χ0) is 40.5. The Morgan fingerprint density at radius 3 is 1.92 bits per heavy atom. The third-order valence-electron chi connectivity index (χ3n) is 12.7. The van der Waals surface area contributed by atoms with E-state index >= 15 is 0 Å². The second kappa shape index (κ2) is 12.7. The van der Waals surface area contributed by atoms with Crippen molar-refractivity contribution in [2.45, 2.75) is 0 Å². The number of hydrogen-bond donors (Lipinski definition) is 0. The lowest BCUT2D eigenvalue weighted by Gasteiger charge is -2.13. The van der Waals surface area contributed by atoms with E-state index in [1.807, 2.05) is 23.5 Å². The smallest absolute Gasteiger partial charge is 0.233 e. The molecule has 0 unspecified atom stereocenters. The average Bonchev–Trinajstić information content (AvgIpc) is 4.09. The summed E-state index contributed by atoms with van der Waals surface area (Å²) in [7, 11) is 0. The molecular weight excluding hydrogens is 777 g/mol. The van der Waals surface area contributed by atoms with Crippen LogP contribution in [-0.2, 0) is 0 Å². The molecule has 0 saturated heterocycles. The maximum atomic E-state index is 6.70. The van der Waals surface area contributed by atoms with Crippen LogP contribution in [0.5, 0.6) is 0 Å². The minimum Gasteiger partial charge on any atom is -0.437 e. The summed E-state index contributed by atoms with van der Waals surface area (Å²) in [5.41, 5.74) is 10.1. The highest BCUT2D eigenvalue weighted by Gasteiger charge is 2.26. The molecule has 0 N–H and O–H groups in total. The summed E-state index contributed by atoms with van der Waals surface area (Å²) in [4.78, 5) is 11.0. The van der Waals surface area contributed by atoms with Gasteiger partial charge < -0.3 is 8.98 Å². The Balaban J connectivity index is 1.09. The van der Waals surface area contributed by atoms with Gasteiger partial charge in [-0.3, -0.25) is 4.57 Å². The Morgan fingerprint density at radius 1 is 0.403 bits per heavy atom. The van der Waals surface area contributed by atoms with Crippen molar-refractivity contribution in [3.63, 3.8) is 0 Å². The molecule has 0 aliphatic carbocycles. The number of fused-ring (bicyclic) bond motifs is 16. The molecule has 0 atom stereocenters. The first kappa shape index (κ1) is 33.7. The summed E-state index contributed by atoms with van der Waals surface area (Å²) < 4.78 is 14.0. The van der Waals surface area contributed by atoms with Crippen molar-refractivity contribution in [1.82, 2.24) is 19.1 Å². The van der Waals surface area contributed by atoms with E-state index in [1.165, 1.54) is 63.6 Å². The molecule has 0 aliphatic heterocycles. The van der Waals surface area contributed by atoms with Gasteiger partial charge >= 0.3 is 0 Å². The molecule has 14 rings (SSSR count). The van der Waals surface area contributed by atoms with Gasteiger partial charge in [-0.05, 0) is 53.6 Å². The number of nitrogens with zero attached hydrogens (tertiary/aromatic N) is 4.